The minimum Gasteiger partial charge on any atom is -0.423 e. The Bertz CT molecular complexity index is 1760. The van der Waals surface area contributed by atoms with Gasteiger partial charge in [0.15, 0.2) is 0 Å². The van der Waals surface area contributed by atoms with Crippen LogP contribution < -0.4 is 9.47 Å². The van der Waals surface area contributed by atoms with Crippen LogP contribution in [0.5, 0.6) is 11.5 Å². The lowest BCUT2D eigenvalue weighted by Crippen LogP contribution is -2.08. The summed E-state index contributed by atoms with van der Waals surface area (Å²) in [5, 5.41) is 0. The van der Waals surface area contributed by atoms with Gasteiger partial charge in [-0.1, -0.05) is 116 Å². The number of para-hydroxylation sites is 1. The molecule has 0 saturated carbocycles. The molecule has 4 aromatic rings. The van der Waals surface area contributed by atoms with Gasteiger partial charge >= 0.3 is 11.9 Å². The Morgan fingerprint density at radius 3 is 1.79 bits per heavy atom. The van der Waals surface area contributed by atoms with Crippen LogP contribution in [0.4, 0.5) is 4.39 Å². The summed E-state index contributed by atoms with van der Waals surface area (Å²) in [5.41, 5.74) is 5.27. The third-order valence-electron chi connectivity index (χ3n) is 6.23. The van der Waals surface area contributed by atoms with Crippen molar-refractivity contribution in [1.82, 2.24) is 0 Å². The molecule has 0 heterocycles. The zero-order chi connectivity index (χ0) is 30.8. The van der Waals surface area contributed by atoms with Crippen molar-refractivity contribution < 1.29 is 23.5 Å². The van der Waals surface area contributed by atoms with Crippen molar-refractivity contribution in [2.45, 2.75) is 13.8 Å². The number of halogens is 1. The van der Waals surface area contributed by atoms with E-state index >= 15 is 0 Å². The third kappa shape index (κ3) is 8.97. The molecule has 0 aliphatic heterocycles. The van der Waals surface area contributed by atoms with Crippen LogP contribution in [-0.4, -0.2) is 11.9 Å². The summed E-state index contributed by atoms with van der Waals surface area (Å²) in [6, 6.07) is 27.2. The van der Waals surface area contributed by atoms with E-state index in [4.69, 9.17) is 9.47 Å². The molecule has 0 unspecified atom stereocenters. The van der Waals surface area contributed by atoms with E-state index in [0.717, 1.165) is 16.7 Å². The van der Waals surface area contributed by atoms with Crippen molar-refractivity contribution in [2.24, 2.45) is 0 Å². The standard InChI is InChI=1S/C38H31FO4/c1-26(2)37(40)42-34-10-7-8-30(24-34)17-16-28-12-14-29(15-13-28)18-21-32-22-19-31(25-35(32)39)20-23-33-9-5-6-11-36(33)43-38(41)27(3)4/h5-25H,1,3H2,2,4H3/b17-16+,21-18+,23-20+. The molecule has 4 aromatic carbocycles. The molecule has 5 heteroatoms. The Labute approximate surface area is 251 Å². The van der Waals surface area contributed by atoms with Crippen LogP contribution >= 0.6 is 0 Å². The fraction of sp³-hybridized carbons (Fsp3) is 0.0526. The molecular weight excluding hydrogens is 539 g/mol. The fourth-order valence-electron chi connectivity index (χ4n) is 3.84. The van der Waals surface area contributed by atoms with Gasteiger partial charge in [0.25, 0.3) is 0 Å². The Morgan fingerprint density at radius 2 is 1.12 bits per heavy atom. The second-order valence-corrected chi connectivity index (χ2v) is 9.90. The van der Waals surface area contributed by atoms with Gasteiger partial charge in [0.05, 0.1) is 0 Å². The zero-order valence-electron chi connectivity index (χ0n) is 24.0. The van der Waals surface area contributed by atoms with Crippen LogP contribution in [0.2, 0.25) is 0 Å². The van der Waals surface area contributed by atoms with E-state index in [0.29, 0.717) is 39.3 Å². The molecular formula is C38H31FO4. The number of benzene rings is 4. The Morgan fingerprint density at radius 1 is 0.581 bits per heavy atom. The van der Waals surface area contributed by atoms with Crippen LogP contribution in [0.15, 0.2) is 115 Å². The molecule has 0 amide bonds. The first kappa shape index (κ1) is 30.4. The first-order valence-corrected chi connectivity index (χ1v) is 13.6. The van der Waals surface area contributed by atoms with Crippen LogP contribution in [0.3, 0.4) is 0 Å². The first-order valence-electron chi connectivity index (χ1n) is 13.6. The molecule has 214 valence electrons. The average molecular weight is 571 g/mol. The summed E-state index contributed by atoms with van der Waals surface area (Å²) in [5.74, 6) is -0.446. The number of carbonyl (C=O) groups excluding carboxylic acids is 2. The SMILES string of the molecule is C=C(C)C(=O)Oc1cccc(/C=C/c2ccc(/C=C/c3ccc(/C=C/c4ccccc4OC(=O)C(=C)C)cc3F)cc2)c1. The predicted octanol–water partition coefficient (Wildman–Crippen LogP) is 9.30. The maximum atomic E-state index is 14.9. The zero-order valence-corrected chi connectivity index (χ0v) is 24.0. The molecule has 0 aliphatic rings. The van der Waals surface area contributed by atoms with Crippen LogP contribution in [-0.2, 0) is 9.59 Å². The molecule has 4 rings (SSSR count). The van der Waals surface area contributed by atoms with Gasteiger partial charge in [-0.2, -0.15) is 0 Å². The molecule has 0 fully saturated rings. The molecule has 0 spiro atoms. The minimum absolute atomic E-state index is 0.306. The highest BCUT2D eigenvalue weighted by atomic mass is 19.1. The van der Waals surface area contributed by atoms with E-state index in [9.17, 15) is 14.0 Å². The van der Waals surface area contributed by atoms with E-state index in [1.807, 2.05) is 72.8 Å². The van der Waals surface area contributed by atoms with E-state index in [-0.39, 0.29) is 5.82 Å². The normalized spacial score (nSPS) is 11.2. The van der Waals surface area contributed by atoms with Crippen LogP contribution in [0.1, 0.15) is 47.2 Å². The van der Waals surface area contributed by atoms with Gasteiger partial charge in [0.1, 0.15) is 17.3 Å². The summed E-state index contributed by atoms with van der Waals surface area (Å²) in [6.07, 6.45) is 11.0. The van der Waals surface area contributed by atoms with Crippen molar-refractivity contribution in [1.29, 1.82) is 0 Å². The lowest BCUT2D eigenvalue weighted by Gasteiger charge is -2.07. The molecule has 0 aliphatic carbocycles. The summed E-state index contributed by atoms with van der Waals surface area (Å²) in [4.78, 5) is 23.7. The van der Waals surface area contributed by atoms with Crippen molar-refractivity contribution in [3.8, 4) is 11.5 Å². The number of hydrogen-bond donors (Lipinski definition) is 0. The number of carbonyl (C=O) groups is 2. The highest BCUT2D eigenvalue weighted by molar-refractivity contribution is 5.90. The van der Waals surface area contributed by atoms with Gasteiger partial charge in [0.2, 0.25) is 0 Å². The Hall–Kier alpha value is -5.55. The van der Waals surface area contributed by atoms with Gasteiger partial charge in [0, 0.05) is 22.3 Å². The lowest BCUT2D eigenvalue weighted by atomic mass is 10.1. The molecule has 0 saturated heterocycles. The highest BCUT2D eigenvalue weighted by Gasteiger charge is 2.08. The monoisotopic (exact) mass is 570 g/mol. The molecule has 0 radical (unpaired) electrons. The molecule has 0 N–H and O–H groups in total. The molecule has 0 aromatic heterocycles. The third-order valence-corrected chi connectivity index (χ3v) is 6.23. The maximum absolute atomic E-state index is 14.9. The van der Waals surface area contributed by atoms with E-state index in [1.165, 1.54) is 6.07 Å². The van der Waals surface area contributed by atoms with Crippen LogP contribution in [0, 0.1) is 5.82 Å². The molecule has 0 atom stereocenters. The van der Waals surface area contributed by atoms with Crippen molar-refractivity contribution in [3.63, 3.8) is 0 Å². The van der Waals surface area contributed by atoms with E-state index in [1.54, 1.807) is 62.4 Å². The van der Waals surface area contributed by atoms with Crippen LogP contribution in [0.25, 0.3) is 36.5 Å². The van der Waals surface area contributed by atoms with E-state index in [2.05, 4.69) is 13.2 Å². The lowest BCUT2D eigenvalue weighted by molar-refractivity contribution is -0.130. The first-order chi connectivity index (χ1) is 20.7. The molecule has 4 nitrogen and oxygen atoms in total. The number of ether oxygens (including phenoxy) is 2. The van der Waals surface area contributed by atoms with Gasteiger partial charge in [-0.05, 0) is 60.4 Å². The Balaban J connectivity index is 1.39. The smallest absolute Gasteiger partial charge is 0.338 e. The fourth-order valence-corrected chi connectivity index (χ4v) is 3.84. The van der Waals surface area contributed by atoms with Gasteiger partial charge < -0.3 is 9.47 Å². The van der Waals surface area contributed by atoms with Crippen molar-refractivity contribution in [3.05, 3.63) is 154 Å². The topological polar surface area (TPSA) is 52.6 Å². The second kappa shape index (κ2) is 14.4. The van der Waals surface area contributed by atoms with Gasteiger partial charge in [-0.25, -0.2) is 14.0 Å². The van der Waals surface area contributed by atoms with Gasteiger partial charge in [-0.3, -0.25) is 0 Å². The minimum atomic E-state index is -0.500. The quantitative estimate of drug-likeness (QED) is 0.0825. The second-order valence-electron chi connectivity index (χ2n) is 9.90. The maximum Gasteiger partial charge on any atom is 0.338 e. The largest absolute Gasteiger partial charge is 0.423 e. The van der Waals surface area contributed by atoms with Gasteiger partial charge in [-0.15, -0.1) is 0 Å². The number of rotatable bonds is 10. The molecule has 0 bridgehead atoms. The highest BCUT2D eigenvalue weighted by Crippen LogP contribution is 2.23. The summed E-state index contributed by atoms with van der Waals surface area (Å²) >= 11 is 0. The molecule has 43 heavy (non-hydrogen) atoms. The summed E-state index contributed by atoms with van der Waals surface area (Å²) in [6.45, 7) is 10.4. The van der Waals surface area contributed by atoms with E-state index < -0.39 is 11.9 Å². The van der Waals surface area contributed by atoms with Crippen molar-refractivity contribution >= 4 is 48.4 Å². The Kier molecular flexibility index (Phi) is 10.2. The predicted molar refractivity (Wildman–Crippen MR) is 173 cm³/mol. The average Bonchev–Trinajstić information content (AvgIpc) is 2.99. The number of esters is 2. The number of hydrogen-bond acceptors (Lipinski definition) is 4. The van der Waals surface area contributed by atoms with Crippen molar-refractivity contribution in [2.75, 3.05) is 0 Å². The summed E-state index contributed by atoms with van der Waals surface area (Å²) in [7, 11) is 0. The summed E-state index contributed by atoms with van der Waals surface area (Å²) < 4.78 is 25.5.